The summed E-state index contributed by atoms with van der Waals surface area (Å²) in [4.78, 5) is 4.48. The summed E-state index contributed by atoms with van der Waals surface area (Å²) in [7, 11) is 0. The molecule has 18 heavy (non-hydrogen) atoms. The maximum Gasteiger partial charge on any atom is 0.213 e. The van der Waals surface area contributed by atoms with Gasteiger partial charge in [0.15, 0.2) is 0 Å². The Morgan fingerprint density at radius 2 is 2.33 bits per heavy atom. The third-order valence-electron chi connectivity index (χ3n) is 2.35. The summed E-state index contributed by atoms with van der Waals surface area (Å²) in [5.41, 5.74) is 7.33. The number of nitrogens with one attached hydrogen (secondary N) is 1. The van der Waals surface area contributed by atoms with E-state index in [1.807, 2.05) is 25.1 Å². The Labute approximate surface area is 119 Å². The summed E-state index contributed by atoms with van der Waals surface area (Å²) in [5.74, 6) is 1.41. The largest absolute Gasteiger partial charge is 0.444 e. The summed E-state index contributed by atoms with van der Waals surface area (Å²) in [6.07, 6.45) is 1.69. The Bertz CT molecular complexity index is 582. The maximum absolute atomic E-state index is 5.67. The van der Waals surface area contributed by atoms with E-state index < -0.39 is 0 Å². The SMILES string of the molecule is Cc1cnc(CNc2cc(Br)ccc2C(N)=S)o1. The number of aryl methyl sites for hydroxylation is 1. The molecular weight excluding hydrogens is 314 g/mol. The van der Waals surface area contributed by atoms with E-state index in [-0.39, 0.29) is 0 Å². The first-order valence-electron chi connectivity index (χ1n) is 5.31. The smallest absolute Gasteiger partial charge is 0.213 e. The average molecular weight is 326 g/mol. The minimum Gasteiger partial charge on any atom is -0.444 e. The number of halogens is 1. The third kappa shape index (κ3) is 3.08. The van der Waals surface area contributed by atoms with Crippen molar-refractivity contribution in [2.24, 2.45) is 5.73 Å². The molecule has 0 aliphatic heterocycles. The first kappa shape index (κ1) is 13.0. The molecule has 4 nitrogen and oxygen atoms in total. The lowest BCUT2D eigenvalue weighted by Crippen LogP contribution is -2.13. The van der Waals surface area contributed by atoms with E-state index in [9.17, 15) is 0 Å². The van der Waals surface area contributed by atoms with Gasteiger partial charge in [-0.15, -0.1) is 0 Å². The summed E-state index contributed by atoms with van der Waals surface area (Å²) >= 11 is 8.42. The Kier molecular flexibility index (Phi) is 3.98. The van der Waals surface area contributed by atoms with Gasteiger partial charge in [0.2, 0.25) is 5.89 Å². The Morgan fingerprint density at radius 1 is 1.56 bits per heavy atom. The summed E-state index contributed by atoms with van der Waals surface area (Å²) in [5, 5.41) is 3.21. The zero-order valence-electron chi connectivity index (χ0n) is 9.74. The zero-order valence-corrected chi connectivity index (χ0v) is 12.1. The van der Waals surface area contributed by atoms with Crippen LogP contribution in [-0.4, -0.2) is 9.97 Å². The van der Waals surface area contributed by atoms with Crippen molar-refractivity contribution in [1.29, 1.82) is 0 Å². The third-order valence-corrected chi connectivity index (χ3v) is 3.06. The van der Waals surface area contributed by atoms with Gasteiger partial charge in [0, 0.05) is 15.7 Å². The van der Waals surface area contributed by atoms with Gasteiger partial charge in [0.25, 0.3) is 0 Å². The normalized spacial score (nSPS) is 10.3. The lowest BCUT2D eigenvalue weighted by atomic mass is 10.2. The number of nitrogens with two attached hydrogens (primary N) is 1. The van der Waals surface area contributed by atoms with Crippen LogP contribution < -0.4 is 11.1 Å². The molecule has 2 aromatic rings. The number of hydrogen-bond acceptors (Lipinski definition) is 4. The van der Waals surface area contributed by atoms with Gasteiger partial charge in [0.1, 0.15) is 10.7 Å². The summed E-state index contributed by atoms with van der Waals surface area (Å²) in [6, 6.07) is 5.69. The summed E-state index contributed by atoms with van der Waals surface area (Å²) < 4.78 is 6.34. The maximum atomic E-state index is 5.67. The predicted molar refractivity (Wildman–Crippen MR) is 78.6 cm³/mol. The molecule has 1 aromatic carbocycles. The second kappa shape index (κ2) is 5.49. The minimum absolute atomic E-state index is 0.355. The van der Waals surface area contributed by atoms with E-state index >= 15 is 0 Å². The van der Waals surface area contributed by atoms with E-state index in [0.717, 1.165) is 21.5 Å². The Balaban J connectivity index is 2.17. The van der Waals surface area contributed by atoms with Crippen molar-refractivity contribution in [1.82, 2.24) is 4.98 Å². The molecule has 6 heteroatoms. The number of nitrogens with zero attached hydrogens (tertiary/aromatic N) is 1. The molecular formula is C12H12BrN3OS. The molecule has 0 aliphatic rings. The molecule has 94 valence electrons. The second-order valence-electron chi connectivity index (χ2n) is 3.77. The predicted octanol–water partition coefficient (Wildman–Crippen LogP) is 2.99. The van der Waals surface area contributed by atoms with Gasteiger partial charge in [-0.3, -0.25) is 0 Å². The fourth-order valence-electron chi connectivity index (χ4n) is 1.53. The first-order chi connectivity index (χ1) is 8.56. The van der Waals surface area contributed by atoms with Gasteiger partial charge in [-0.2, -0.15) is 0 Å². The number of thiocarbonyl (C=S) groups is 1. The van der Waals surface area contributed by atoms with Crippen LogP contribution >= 0.6 is 28.1 Å². The van der Waals surface area contributed by atoms with Crippen LogP contribution in [0, 0.1) is 6.92 Å². The highest BCUT2D eigenvalue weighted by molar-refractivity contribution is 9.10. The van der Waals surface area contributed by atoms with Crippen molar-refractivity contribution in [3.8, 4) is 0 Å². The van der Waals surface area contributed by atoms with Crippen molar-refractivity contribution in [3.63, 3.8) is 0 Å². The van der Waals surface area contributed by atoms with Crippen LogP contribution in [0.5, 0.6) is 0 Å². The molecule has 0 radical (unpaired) electrons. The molecule has 1 heterocycles. The van der Waals surface area contributed by atoms with Crippen molar-refractivity contribution < 1.29 is 4.42 Å². The molecule has 0 fully saturated rings. The van der Waals surface area contributed by atoms with Crippen molar-refractivity contribution in [2.75, 3.05) is 5.32 Å². The van der Waals surface area contributed by atoms with Crippen molar-refractivity contribution in [3.05, 3.63) is 46.1 Å². The number of benzene rings is 1. The molecule has 0 saturated heterocycles. The van der Waals surface area contributed by atoms with Gasteiger partial charge in [-0.05, 0) is 25.1 Å². The zero-order chi connectivity index (χ0) is 13.1. The lowest BCUT2D eigenvalue weighted by Gasteiger charge is -2.10. The van der Waals surface area contributed by atoms with Crippen LogP contribution in [-0.2, 0) is 6.54 Å². The molecule has 0 spiro atoms. The van der Waals surface area contributed by atoms with Gasteiger partial charge in [-0.25, -0.2) is 4.98 Å². The van der Waals surface area contributed by atoms with Crippen molar-refractivity contribution >= 4 is 38.8 Å². The van der Waals surface area contributed by atoms with E-state index in [1.165, 1.54) is 0 Å². The highest BCUT2D eigenvalue weighted by atomic mass is 79.9. The number of hydrogen-bond donors (Lipinski definition) is 2. The van der Waals surface area contributed by atoms with E-state index in [0.29, 0.717) is 17.4 Å². The summed E-state index contributed by atoms with van der Waals surface area (Å²) in [6.45, 7) is 2.34. The topological polar surface area (TPSA) is 64.1 Å². The number of rotatable bonds is 4. The van der Waals surface area contributed by atoms with Crippen LogP contribution in [0.3, 0.4) is 0 Å². The van der Waals surface area contributed by atoms with Gasteiger partial charge in [-0.1, -0.05) is 28.1 Å². The fourth-order valence-corrected chi connectivity index (χ4v) is 2.07. The van der Waals surface area contributed by atoms with Crippen molar-refractivity contribution in [2.45, 2.75) is 13.5 Å². The van der Waals surface area contributed by atoms with Gasteiger partial charge in [0.05, 0.1) is 12.7 Å². The quantitative estimate of drug-likeness (QED) is 0.846. The van der Waals surface area contributed by atoms with Crippen LogP contribution in [0.15, 0.2) is 33.3 Å². The highest BCUT2D eigenvalue weighted by Crippen LogP contribution is 2.22. The van der Waals surface area contributed by atoms with Crippen LogP contribution in [0.1, 0.15) is 17.2 Å². The Hall–Kier alpha value is -1.40. The van der Waals surface area contributed by atoms with Crippen LogP contribution in [0.4, 0.5) is 5.69 Å². The molecule has 0 amide bonds. The molecule has 0 aliphatic carbocycles. The molecule has 1 aromatic heterocycles. The number of aromatic nitrogens is 1. The Morgan fingerprint density at radius 3 is 2.94 bits per heavy atom. The second-order valence-corrected chi connectivity index (χ2v) is 5.13. The standard InChI is InChI=1S/C12H12BrN3OS/c1-7-5-16-11(17-7)6-15-10-4-8(13)2-3-9(10)12(14)18/h2-5,15H,6H2,1H3,(H2,14,18). The molecule has 0 atom stereocenters. The van der Waals surface area contributed by atoms with E-state index in [4.69, 9.17) is 22.4 Å². The first-order valence-corrected chi connectivity index (χ1v) is 6.51. The monoisotopic (exact) mass is 325 g/mol. The van der Waals surface area contributed by atoms with E-state index in [2.05, 4.69) is 26.2 Å². The number of anilines is 1. The van der Waals surface area contributed by atoms with E-state index in [1.54, 1.807) is 6.20 Å². The molecule has 0 bridgehead atoms. The van der Waals surface area contributed by atoms with Crippen LogP contribution in [0.25, 0.3) is 0 Å². The molecule has 3 N–H and O–H groups in total. The average Bonchev–Trinajstić information content (AvgIpc) is 2.72. The number of oxazole rings is 1. The van der Waals surface area contributed by atoms with Gasteiger partial charge < -0.3 is 15.5 Å². The lowest BCUT2D eigenvalue weighted by molar-refractivity contribution is 0.479. The fraction of sp³-hybridized carbons (Fsp3) is 0.167. The van der Waals surface area contributed by atoms with Gasteiger partial charge >= 0.3 is 0 Å². The minimum atomic E-state index is 0.355. The highest BCUT2D eigenvalue weighted by Gasteiger charge is 2.07. The molecule has 2 rings (SSSR count). The van der Waals surface area contributed by atoms with Crippen LogP contribution in [0.2, 0.25) is 0 Å². The molecule has 0 unspecified atom stereocenters. The molecule has 0 saturated carbocycles.